The normalized spacial score (nSPS) is 17.4. The number of methoxy groups -OCH3 is 1. The van der Waals surface area contributed by atoms with Crippen LogP contribution < -0.4 is 15.2 Å². The zero-order chi connectivity index (χ0) is 13.3. The molecular formula is C14H22N2O2. The van der Waals surface area contributed by atoms with Gasteiger partial charge in [0.05, 0.1) is 7.11 Å². The first-order valence-electron chi connectivity index (χ1n) is 6.23. The minimum absolute atomic E-state index is 0.250. The average Bonchev–Trinajstić information content (AvgIpc) is 2.25. The highest BCUT2D eigenvalue weighted by Crippen LogP contribution is 2.33. The van der Waals surface area contributed by atoms with Gasteiger partial charge in [0.25, 0.3) is 0 Å². The van der Waals surface area contributed by atoms with Crippen LogP contribution in [-0.2, 0) is 5.54 Å². The van der Waals surface area contributed by atoms with E-state index in [1.165, 1.54) is 0 Å². The highest BCUT2D eigenvalue weighted by molar-refractivity contribution is 5.45. The van der Waals surface area contributed by atoms with Crippen molar-refractivity contribution in [1.29, 1.82) is 0 Å². The van der Waals surface area contributed by atoms with E-state index < -0.39 is 0 Å². The third-order valence-corrected chi connectivity index (χ3v) is 3.23. The molecule has 0 atom stereocenters. The van der Waals surface area contributed by atoms with E-state index in [-0.39, 0.29) is 11.6 Å². The van der Waals surface area contributed by atoms with E-state index >= 15 is 0 Å². The van der Waals surface area contributed by atoms with Crippen LogP contribution >= 0.6 is 0 Å². The van der Waals surface area contributed by atoms with Gasteiger partial charge in [-0.3, -0.25) is 4.90 Å². The molecule has 1 saturated heterocycles. The van der Waals surface area contributed by atoms with E-state index in [4.69, 9.17) is 15.2 Å². The van der Waals surface area contributed by atoms with Crippen LogP contribution in [0.1, 0.15) is 19.4 Å². The number of hydrogen-bond donors (Lipinski definition) is 1. The molecule has 0 spiro atoms. The number of hydrogen-bond acceptors (Lipinski definition) is 4. The van der Waals surface area contributed by atoms with Crippen LogP contribution in [0.5, 0.6) is 11.5 Å². The highest BCUT2D eigenvalue weighted by Gasteiger charge is 2.26. The maximum absolute atomic E-state index is 6.11. The van der Waals surface area contributed by atoms with Crippen molar-refractivity contribution in [3.8, 4) is 11.5 Å². The Balaban J connectivity index is 2.20. The monoisotopic (exact) mass is 250 g/mol. The van der Waals surface area contributed by atoms with Gasteiger partial charge in [-0.05, 0) is 38.6 Å². The molecule has 1 fully saturated rings. The summed E-state index contributed by atoms with van der Waals surface area (Å²) in [5.41, 5.74) is 6.78. The maximum atomic E-state index is 6.11. The Morgan fingerprint density at radius 2 is 1.94 bits per heavy atom. The zero-order valence-corrected chi connectivity index (χ0v) is 11.6. The number of nitrogens with zero attached hydrogens (tertiary/aromatic N) is 1. The molecular weight excluding hydrogens is 228 g/mol. The molecule has 0 aromatic heterocycles. The predicted molar refractivity (Wildman–Crippen MR) is 72.1 cm³/mol. The summed E-state index contributed by atoms with van der Waals surface area (Å²) < 4.78 is 11.3. The van der Waals surface area contributed by atoms with Gasteiger partial charge in [0, 0.05) is 18.6 Å². The Hall–Kier alpha value is -1.26. The van der Waals surface area contributed by atoms with Crippen molar-refractivity contribution >= 4 is 0 Å². The molecule has 18 heavy (non-hydrogen) atoms. The van der Waals surface area contributed by atoms with Gasteiger partial charge in [-0.25, -0.2) is 0 Å². The predicted octanol–water partition coefficient (Wildman–Crippen LogP) is 1.58. The Kier molecular flexibility index (Phi) is 3.50. The van der Waals surface area contributed by atoms with E-state index in [9.17, 15) is 0 Å². The smallest absolute Gasteiger partial charge is 0.162 e. The highest BCUT2D eigenvalue weighted by atomic mass is 16.5. The molecule has 0 unspecified atom stereocenters. The summed E-state index contributed by atoms with van der Waals surface area (Å²) in [7, 11) is 3.73. The van der Waals surface area contributed by atoms with Crippen LogP contribution in [0.25, 0.3) is 0 Å². The summed E-state index contributed by atoms with van der Waals surface area (Å²) >= 11 is 0. The number of ether oxygens (including phenoxy) is 2. The van der Waals surface area contributed by atoms with Gasteiger partial charge in [0.2, 0.25) is 0 Å². The molecule has 100 valence electrons. The van der Waals surface area contributed by atoms with Gasteiger partial charge in [0.1, 0.15) is 6.10 Å². The van der Waals surface area contributed by atoms with E-state index in [0.717, 1.165) is 30.2 Å². The van der Waals surface area contributed by atoms with Crippen molar-refractivity contribution in [2.45, 2.75) is 25.5 Å². The number of benzene rings is 1. The minimum Gasteiger partial charge on any atom is -0.493 e. The van der Waals surface area contributed by atoms with Crippen LogP contribution in [0.3, 0.4) is 0 Å². The molecule has 0 aliphatic carbocycles. The topological polar surface area (TPSA) is 47.7 Å². The summed E-state index contributed by atoms with van der Waals surface area (Å²) in [6, 6.07) is 5.89. The average molecular weight is 250 g/mol. The van der Waals surface area contributed by atoms with Gasteiger partial charge >= 0.3 is 0 Å². The fourth-order valence-corrected chi connectivity index (χ4v) is 2.07. The molecule has 4 heteroatoms. The second-order valence-electron chi connectivity index (χ2n) is 5.55. The summed E-state index contributed by atoms with van der Waals surface area (Å²) in [5.74, 6) is 1.55. The molecule has 1 aliphatic rings. The van der Waals surface area contributed by atoms with Crippen LogP contribution in [0.2, 0.25) is 0 Å². The third-order valence-electron chi connectivity index (χ3n) is 3.23. The third kappa shape index (κ3) is 2.76. The zero-order valence-electron chi connectivity index (χ0n) is 11.6. The van der Waals surface area contributed by atoms with Gasteiger partial charge in [-0.15, -0.1) is 0 Å². The second-order valence-corrected chi connectivity index (χ2v) is 5.55. The largest absolute Gasteiger partial charge is 0.493 e. The van der Waals surface area contributed by atoms with Crippen LogP contribution in [0.4, 0.5) is 0 Å². The Morgan fingerprint density at radius 1 is 1.28 bits per heavy atom. The Bertz CT molecular complexity index is 420. The maximum Gasteiger partial charge on any atom is 0.162 e. The summed E-state index contributed by atoms with van der Waals surface area (Å²) in [6.07, 6.45) is 0.250. The first-order chi connectivity index (χ1) is 8.40. The molecule has 0 radical (unpaired) electrons. The lowest BCUT2D eigenvalue weighted by Crippen LogP contribution is -2.51. The molecule has 0 saturated carbocycles. The second kappa shape index (κ2) is 4.78. The van der Waals surface area contributed by atoms with Gasteiger partial charge in [0.15, 0.2) is 11.5 Å². The fourth-order valence-electron chi connectivity index (χ4n) is 2.07. The summed E-state index contributed by atoms with van der Waals surface area (Å²) in [4.78, 5) is 2.22. The van der Waals surface area contributed by atoms with Crippen LogP contribution in [0, 0.1) is 0 Å². The van der Waals surface area contributed by atoms with E-state index in [1.54, 1.807) is 7.11 Å². The molecule has 1 aromatic rings. The Morgan fingerprint density at radius 3 is 2.44 bits per heavy atom. The van der Waals surface area contributed by atoms with Crippen molar-refractivity contribution in [1.82, 2.24) is 4.90 Å². The van der Waals surface area contributed by atoms with Crippen molar-refractivity contribution in [2.75, 3.05) is 27.2 Å². The lowest BCUT2D eigenvalue weighted by atomic mass is 9.95. The van der Waals surface area contributed by atoms with Crippen molar-refractivity contribution in [2.24, 2.45) is 5.73 Å². The molecule has 0 bridgehead atoms. The van der Waals surface area contributed by atoms with Gasteiger partial charge < -0.3 is 15.2 Å². The number of nitrogens with two attached hydrogens (primary N) is 1. The molecule has 1 aromatic carbocycles. The molecule has 1 heterocycles. The van der Waals surface area contributed by atoms with Gasteiger partial charge in [-0.1, -0.05) is 6.07 Å². The van der Waals surface area contributed by atoms with Crippen molar-refractivity contribution < 1.29 is 9.47 Å². The number of likely N-dealkylation sites (N-methyl/N-ethyl adjacent to an activating group) is 1. The van der Waals surface area contributed by atoms with Crippen molar-refractivity contribution in [3.63, 3.8) is 0 Å². The minimum atomic E-state index is -0.374. The molecule has 1 aliphatic heterocycles. The SMILES string of the molecule is COc1ccc(C(C)(C)N)cc1OC1CN(C)C1. The number of rotatable bonds is 4. The lowest BCUT2D eigenvalue weighted by molar-refractivity contribution is 0.0368. The lowest BCUT2D eigenvalue weighted by Gasteiger charge is -2.36. The van der Waals surface area contributed by atoms with E-state index in [2.05, 4.69) is 11.9 Å². The van der Waals surface area contributed by atoms with Gasteiger partial charge in [-0.2, -0.15) is 0 Å². The standard InChI is InChI=1S/C14H22N2O2/c1-14(2,15)10-5-6-12(17-4)13(7-10)18-11-8-16(3)9-11/h5-7,11H,8-9,15H2,1-4H3. The van der Waals surface area contributed by atoms with E-state index in [1.807, 2.05) is 32.0 Å². The summed E-state index contributed by atoms with van der Waals surface area (Å²) in [5, 5.41) is 0. The molecule has 2 N–H and O–H groups in total. The molecule has 2 rings (SSSR count). The van der Waals surface area contributed by atoms with Crippen molar-refractivity contribution in [3.05, 3.63) is 23.8 Å². The van der Waals surface area contributed by atoms with Crippen LogP contribution in [-0.4, -0.2) is 38.3 Å². The molecule has 4 nitrogen and oxygen atoms in total. The van der Waals surface area contributed by atoms with Crippen LogP contribution in [0.15, 0.2) is 18.2 Å². The first-order valence-corrected chi connectivity index (χ1v) is 6.23. The fraction of sp³-hybridized carbons (Fsp3) is 0.571. The molecule has 0 amide bonds. The Labute approximate surface area is 109 Å². The van der Waals surface area contributed by atoms with E-state index in [0.29, 0.717) is 0 Å². The summed E-state index contributed by atoms with van der Waals surface area (Å²) in [6.45, 7) is 5.88. The first kappa shape index (κ1) is 13.2. The quantitative estimate of drug-likeness (QED) is 0.881. The number of likely N-dealkylation sites (tertiary alicyclic amines) is 1.